The zero-order valence-corrected chi connectivity index (χ0v) is 12.6. The first-order valence-corrected chi connectivity index (χ1v) is 7.85. The van der Waals surface area contributed by atoms with Crippen molar-refractivity contribution in [3.63, 3.8) is 0 Å². The van der Waals surface area contributed by atoms with Crippen LogP contribution in [0.25, 0.3) is 0 Å². The van der Waals surface area contributed by atoms with Crippen LogP contribution in [0.4, 0.5) is 8.78 Å². The summed E-state index contributed by atoms with van der Waals surface area (Å²) in [6.45, 7) is 1.69. The second kappa shape index (κ2) is 6.80. The van der Waals surface area contributed by atoms with Crippen molar-refractivity contribution in [1.82, 2.24) is 0 Å². The number of methoxy groups -OCH3 is 1. The zero-order valence-electron chi connectivity index (χ0n) is 11.8. The van der Waals surface area contributed by atoms with Crippen molar-refractivity contribution in [2.24, 2.45) is 0 Å². The summed E-state index contributed by atoms with van der Waals surface area (Å²) in [5, 5.41) is -0.487. The van der Waals surface area contributed by atoms with E-state index in [9.17, 15) is 13.0 Å². The van der Waals surface area contributed by atoms with Crippen LogP contribution >= 0.6 is 0 Å². The van der Waals surface area contributed by atoms with E-state index in [0.717, 1.165) is 0 Å². The van der Waals surface area contributed by atoms with Crippen molar-refractivity contribution in [3.8, 4) is 5.75 Å². The summed E-state index contributed by atoms with van der Waals surface area (Å²) in [5.74, 6) is -0.215. The Labute approximate surface area is 125 Å². The van der Waals surface area contributed by atoms with Crippen LogP contribution in [0.15, 0.2) is 42.5 Å². The van der Waals surface area contributed by atoms with Crippen LogP contribution in [0.1, 0.15) is 23.3 Å². The highest BCUT2D eigenvalue weighted by molar-refractivity contribution is 7.84. The Hall–Kier alpha value is -1.75. The molecule has 2 aromatic rings. The minimum Gasteiger partial charge on any atom is -0.496 e. The predicted molar refractivity (Wildman–Crippen MR) is 79.6 cm³/mol. The quantitative estimate of drug-likeness (QED) is 0.835. The van der Waals surface area contributed by atoms with E-state index >= 15 is 0 Å². The van der Waals surface area contributed by atoms with Crippen LogP contribution in [0.3, 0.4) is 0 Å². The molecule has 21 heavy (non-hydrogen) atoms. The zero-order chi connectivity index (χ0) is 15.4. The lowest BCUT2D eigenvalue weighted by atomic mass is 10.1. The van der Waals surface area contributed by atoms with E-state index in [0.29, 0.717) is 16.9 Å². The molecule has 0 amide bonds. The van der Waals surface area contributed by atoms with Gasteiger partial charge in [-0.1, -0.05) is 18.2 Å². The lowest BCUT2D eigenvalue weighted by Gasteiger charge is -2.14. The highest BCUT2D eigenvalue weighted by Gasteiger charge is 2.19. The minimum atomic E-state index is -1.38. The normalized spacial score (nSPS) is 13.7. The first kappa shape index (κ1) is 15.6. The molecule has 0 saturated carbocycles. The van der Waals surface area contributed by atoms with E-state index in [1.54, 1.807) is 25.1 Å². The monoisotopic (exact) mass is 310 g/mol. The van der Waals surface area contributed by atoms with Gasteiger partial charge in [-0.25, -0.2) is 8.78 Å². The topological polar surface area (TPSA) is 26.3 Å². The first-order valence-electron chi connectivity index (χ1n) is 6.47. The molecule has 2 rings (SSSR count). The summed E-state index contributed by atoms with van der Waals surface area (Å²) < 4.78 is 44.6. The van der Waals surface area contributed by atoms with E-state index < -0.39 is 21.9 Å². The molecule has 0 aromatic heterocycles. The fourth-order valence-corrected chi connectivity index (χ4v) is 3.34. The maximum atomic E-state index is 13.7. The van der Waals surface area contributed by atoms with Crippen molar-refractivity contribution in [2.45, 2.75) is 17.9 Å². The standard InChI is InChI=1S/C16H16F2O2S/c1-11(14-5-3-4-6-15(14)18)21(19)10-12-9-13(17)7-8-16(12)20-2/h3-9,11H,10H2,1-2H3. The Morgan fingerprint density at radius 3 is 2.57 bits per heavy atom. The Bertz CT molecular complexity index is 658. The van der Waals surface area contributed by atoms with Gasteiger partial charge in [0.25, 0.3) is 0 Å². The average Bonchev–Trinajstić information content (AvgIpc) is 2.47. The van der Waals surface area contributed by atoms with Crippen molar-refractivity contribution < 1.29 is 17.7 Å². The third-order valence-corrected chi connectivity index (χ3v) is 4.92. The number of rotatable bonds is 5. The van der Waals surface area contributed by atoms with Crippen LogP contribution < -0.4 is 4.74 Å². The fraction of sp³-hybridized carbons (Fsp3) is 0.250. The highest BCUT2D eigenvalue weighted by atomic mass is 32.2. The van der Waals surface area contributed by atoms with Crippen LogP contribution in [0.2, 0.25) is 0 Å². The van der Waals surface area contributed by atoms with Crippen LogP contribution in [-0.4, -0.2) is 11.3 Å². The van der Waals surface area contributed by atoms with Crippen molar-refractivity contribution >= 4 is 10.8 Å². The first-order chi connectivity index (χ1) is 10.0. The molecule has 0 radical (unpaired) electrons. The molecule has 0 spiro atoms. The summed E-state index contributed by atoms with van der Waals surface area (Å²) in [6.07, 6.45) is 0. The number of ether oxygens (including phenoxy) is 1. The molecule has 112 valence electrons. The number of hydrogen-bond acceptors (Lipinski definition) is 2. The van der Waals surface area contributed by atoms with Gasteiger partial charge in [-0.05, 0) is 31.2 Å². The van der Waals surface area contributed by atoms with E-state index in [1.165, 1.54) is 31.4 Å². The molecule has 0 fully saturated rings. The predicted octanol–water partition coefficient (Wildman–Crippen LogP) is 3.98. The third-order valence-electron chi connectivity index (χ3n) is 3.28. The largest absolute Gasteiger partial charge is 0.496 e. The summed E-state index contributed by atoms with van der Waals surface area (Å²) >= 11 is 0. The number of hydrogen-bond donors (Lipinski definition) is 0. The SMILES string of the molecule is COc1ccc(F)cc1CS(=O)C(C)c1ccccc1F. The molecule has 2 aromatic carbocycles. The van der Waals surface area contributed by atoms with E-state index in [1.807, 2.05) is 0 Å². The second-order valence-electron chi connectivity index (χ2n) is 4.64. The molecule has 0 N–H and O–H groups in total. The van der Waals surface area contributed by atoms with Crippen LogP contribution in [-0.2, 0) is 16.6 Å². The summed E-state index contributed by atoms with van der Waals surface area (Å²) in [6, 6.07) is 10.3. The fourth-order valence-electron chi connectivity index (χ4n) is 2.08. The smallest absolute Gasteiger partial charge is 0.127 e. The number of benzene rings is 2. The molecule has 2 atom stereocenters. The average molecular weight is 310 g/mol. The molecule has 5 heteroatoms. The van der Waals surface area contributed by atoms with Crippen LogP contribution in [0.5, 0.6) is 5.75 Å². The van der Waals surface area contributed by atoms with Gasteiger partial charge in [-0.2, -0.15) is 0 Å². The lowest BCUT2D eigenvalue weighted by molar-refractivity contribution is 0.410. The van der Waals surface area contributed by atoms with Gasteiger partial charge in [0.15, 0.2) is 0 Å². The van der Waals surface area contributed by atoms with Crippen molar-refractivity contribution in [2.75, 3.05) is 7.11 Å². The minimum absolute atomic E-state index is 0.108. The van der Waals surface area contributed by atoms with Gasteiger partial charge in [0, 0.05) is 21.9 Å². The van der Waals surface area contributed by atoms with E-state index in [-0.39, 0.29) is 11.6 Å². The van der Waals surface area contributed by atoms with Gasteiger partial charge in [0.2, 0.25) is 0 Å². The summed E-state index contributed by atoms with van der Waals surface area (Å²) in [7, 11) is 0.0883. The Kier molecular flexibility index (Phi) is 5.07. The van der Waals surface area contributed by atoms with Crippen molar-refractivity contribution in [1.29, 1.82) is 0 Å². The molecular formula is C16H16F2O2S. The summed E-state index contributed by atoms with van der Waals surface area (Å²) in [4.78, 5) is 0. The molecule has 0 aliphatic heterocycles. The molecule has 0 heterocycles. The molecule has 0 bridgehead atoms. The highest BCUT2D eigenvalue weighted by Crippen LogP contribution is 2.27. The summed E-state index contributed by atoms with van der Waals surface area (Å²) in [5.41, 5.74) is 0.908. The second-order valence-corrected chi connectivity index (χ2v) is 6.40. The number of halogens is 2. The Morgan fingerprint density at radius 2 is 1.90 bits per heavy atom. The Balaban J connectivity index is 2.22. The van der Waals surface area contributed by atoms with Gasteiger partial charge < -0.3 is 4.74 Å². The van der Waals surface area contributed by atoms with Gasteiger partial charge in [-0.15, -0.1) is 0 Å². The van der Waals surface area contributed by atoms with E-state index in [2.05, 4.69) is 0 Å². The maximum Gasteiger partial charge on any atom is 0.127 e. The maximum absolute atomic E-state index is 13.7. The van der Waals surface area contributed by atoms with E-state index in [4.69, 9.17) is 4.74 Å². The molecule has 2 nitrogen and oxygen atoms in total. The van der Waals surface area contributed by atoms with Gasteiger partial charge >= 0.3 is 0 Å². The molecular weight excluding hydrogens is 294 g/mol. The molecule has 0 aliphatic carbocycles. The van der Waals surface area contributed by atoms with Gasteiger partial charge in [-0.3, -0.25) is 4.21 Å². The Morgan fingerprint density at radius 1 is 1.19 bits per heavy atom. The van der Waals surface area contributed by atoms with Gasteiger partial charge in [0.05, 0.1) is 18.1 Å². The van der Waals surface area contributed by atoms with Gasteiger partial charge in [0.1, 0.15) is 17.4 Å². The molecule has 2 unspecified atom stereocenters. The molecule has 0 aliphatic rings. The van der Waals surface area contributed by atoms with Crippen LogP contribution in [0, 0.1) is 11.6 Å². The third kappa shape index (κ3) is 3.67. The molecule has 0 saturated heterocycles. The van der Waals surface area contributed by atoms with Crippen molar-refractivity contribution in [3.05, 3.63) is 65.2 Å². The lowest BCUT2D eigenvalue weighted by Crippen LogP contribution is -2.08.